The van der Waals surface area contributed by atoms with E-state index in [1.165, 1.54) is 0 Å². The molecule has 0 N–H and O–H groups in total. The van der Waals surface area contributed by atoms with E-state index in [2.05, 4.69) is 9.97 Å². The lowest BCUT2D eigenvalue weighted by Crippen LogP contribution is -2.44. The van der Waals surface area contributed by atoms with E-state index < -0.39 is 5.41 Å². The van der Waals surface area contributed by atoms with Gasteiger partial charge in [0.15, 0.2) is 0 Å². The molecule has 0 radical (unpaired) electrons. The summed E-state index contributed by atoms with van der Waals surface area (Å²) in [6.45, 7) is 5.68. The molecule has 0 amide bonds. The van der Waals surface area contributed by atoms with Gasteiger partial charge in [0.1, 0.15) is 5.15 Å². The van der Waals surface area contributed by atoms with E-state index in [9.17, 15) is 4.79 Å². The van der Waals surface area contributed by atoms with Gasteiger partial charge in [-0.1, -0.05) is 11.6 Å². The topological polar surface area (TPSA) is 55.3 Å². The maximum absolute atomic E-state index is 11.9. The maximum atomic E-state index is 11.9. The van der Waals surface area contributed by atoms with Crippen LogP contribution in [0.5, 0.6) is 0 Å². The van der Waals surface area contributed by atoms with Gasteiger partial charge in [-0.05, 0) is 32.8 Å². The number of rotatable bonds is 3. The first-order valence-electron chi connectivity index (χ1n) is 6.46. The Morgan fingerprint density at radius 3 is 2.79 bits per heavy atom. The molecule has 0 atom stereocenters. The molecule has 1 aromatic rings. The number of piperidine rings is 1. The number of aromatic nitrogens is 2. The van der Waals surface area contributed by atoms with Gasteiger partial charge in [0.25, 0.3) is 0 Å². The highest BCUT2D eigenvalue weighted by atomic mass is 35.5. The predicted octanol–water partition coefficient (Wildman–Crippen LogP) is 2.30. The van der Waals surface area contributed by atoms with Crippen LogP contribution in [0.3, 0.4) is 0 Å². The second kappa shape index (κ2) is 5.74. The second-order valence-corrected chi connectivity index (χ2v) is 5.33. The second-order valence-electron chi connectivity index (χ2n) is 4.95. The van der Waals surface area contributed by atoms with E-state index in [0.29, 0.717) is 17.7 Å². The molecule has 1 fully saturated rings. The first-order valence-corrected chi connectivity index (χ1v) is 6.84. The minimum Gasteiger partial charge on any atom is -0.466 e. The van der Waals surface area contributed by atoms with Crippen LogP contribution in [-0.4, -0.2) is 35.6 Å². The molecule has 1 aliphatic rings. The number of carbonyl (C=O) groups is 1. The third-order valence-electron chi connectivity index (χ3n) is 3.53. The van der Waals surface area contributed by atoms with Crippen molar-refractivity contribution >= 4 is 23.5 Å². The molecule has 0 saturated carbocycles. The third-order valence-corrected chi connectivity index (χ3v) is 3.74. The Kier molecular flexibility index (Phi) is 4.24. The van der Waals surface area contributed by atoms with Gasteiger partial charge in [-0.25, -0.2) is 9.97 Å². The van der Waals surface area contributed by atoms with Crippen LogP contribution >= 0.6 is 11.6 Å². The lowest BCUT2D eigenvalue weighted by molar-refractivity contribution is -0.155. The van der Waals surface area contributed by atoms with E-state index >= 15 is 0 Å². The molecule has 0 spiro atoms. The zero-order valence-electron chi connectivity index (χ0n) is 11.2. The number of ether oxygens (including phenoxy) is 1. The Balaban J connectivity index is 2.01. The third kappa shape index (κ3) is 3.15. The van der Waals surface area contributed by atoms with Crippen LogP contribution in [0.2, 0.25) is 5.15 Å². The number of anilines is 1. The van der Waals surface area contributed by atoms with Crippen molar-refractivity contribution in [2.45, 2.75) is 26.7 Å². The van der Waals surface area contributed by atoms with Gasteiger partial charge in [0, 0.05) is 19.3 Å². The quantitative estimate of drug-likeness (QED) is 0.629. The van der Waals surface area contributed by atoms with Crippen LogP contribution < -0.4 is 4.90 Å². The average Bonchev–Trinajstić information content (AvgIpc) is 2.40. The van der Waals surface area contributed by atoms with Gasteiger partial charge in [0.2, 0.25) is 5.95 Å². The molecule has 2 heterocycles. The van der Waals surface area contributed by atoms with E-state index in [0.717, 1.165) is 25.9 Å². The monoisotopic (exact) mass is 283 g/mol. The van der Waals surface area contributed by atoms with Gasteiger partial charge in [-0.3, -0.25) is 4.79 Å². The fourth-order valence-electron chi connectivity index (χ4n) is 2.19. The van der Waals surface area contributed by atoms with Crippen molar-refractivity contribution in [1.29, 1.82) is 0 Å². The maximum Gasteiger partial charge on any atom is 0.311 e. The summed E-state index contributed by atoms with van der Waals surface area (Å²) in [6.07, 6.45) is 3.12. The number of hydrogen-bond donors (Lipinski definition) is 0. The zero-order chi connectivity index (χ0) is 13.9. The number of carbonyl (C=O) groups excluding carboxylic acids is 1. The molecule has 0 unspecified atom stereocenters. The van der Waals surface area contributed by atoms with Gasteiger partial charge in [-0.2, -0.15) is 0 Å². The van der Waals surface area contributed by atoms with Crippen LogP contribution in [0.1, 0.15) is 26.7 Å². The molecule has 0 bridgehead atoms. The predicted molar refractivity (Wildman–Crippen MR) is 73.2 cm³/mol. The molecule has 0 aromatic carbocycles. The van der Waals surface area contributed by atoms with Gasteiger partial charge >= 0.3 is 5.97 Å². The smallest absolute Gasteiger partial charge is 0.311 e. The Morgan fingerprint density at radius 1 is 1.53 bits per heavy atom. The van der Waals surface area contributed by atoms with Gasteiger partial charge in [-0.15, -0.1) is 0 Å². The summed E-state index contributed by atoms with van der Waals surface area (Å²) in [7, 11) is 0. The van der Waals surface area contributed by atoms with Gasteiger partial charge in [0.05, 0.1) is 12.0 Å². The van der Waals surface area contributed by atoms with Crippen LogP contribution in [0.25, 0.3) is 0 Å². The summed E-state index contributed by atoms with van der Waals surface area (Å²) in [6, 6.07) is 1.65. The highest BCUT2D eigenvalue weighted by molar-refractivity contribution is 6.29. The minimum absolute atomic E-state index is 0.110. The molecule has 1 aliphatic heterocycles. The lowest BCUT2D eigenvalue weighted by atomic mass is 9.80. The molecular weight excluding hydrogens is 266 g/mol. The molecule has 2 rings (SSSR count). The van der Waals surface area contributed by atoms with Crippen LogP contribution in [0, 0.1) is 5.41 Å². The first kappa shape index (κ1) is 14.1. The molecule has 19 heavy (non-hydrogen) atoms. The van der Waals surface area contributed by atoms with E-state index in [1.54, 1.807) is 12.3 Å². The van der Waals surface area contributed by atoms with Crippen molar-refractivity contribution < 1.29 is 9.53 Å². The molecular formula is C13H18ClN3O2. The van der Waals surface area contributed by atoms with Crippen molar-refractivity contribution in [1.82, 2.24) is 9.97 Å². The summed E-state index contributed by atoms with van der Waals surface area (Å²) >= 11 is 5.86. The van der Waals surface area contributed by atoms with Crippen LogP contribution in [0.4, 0.5) is 5.95 Å². The molecule has 104 valence electrons. The van der Waals surface area contributed by atoms with Crippen molar-refractivity contribution in [2.24, 2.45) is 5.41 Å². The Labute approximate surface area is 117 Å². The van der Waals surface area contributed by atoms with Crippen molar-refractivity contribution in [2.75, 3.05) is 24.6 Å². The fourth-order valence-corrected chi connectivity index (χ4v) is 2.32. The lowest BCUT2D eigenvalue weighted by Gasteiger charge is -2.37. The Bertz CT molecular complexity index is 459. The van der Waals surface area contributed by atoms with E-state index in [1.807, 2.05) is 18.7 Å². The molecule has 0 aliphatic carbocycles. The average molecular weight is 284 g/mol. The Morgan fingerprint density at radius 2 is 2.21 bits per heavy atom. The summed E-state index contributed by atoms with van der Waals surface area (Å²) in [5.41, 5.74) is -0.398. The number of nitrogens with zero attached hydrogens (tertiary/aromatic N) is 3. The molecule has 1 saturated heterocycles. The standard InChI is InChI=1S/C13H18ClN3O2/c1-3-19-11(18)13(2)5-8-17(9-6-13)12-15-7-4-10(14)16-12/h4,7H,3,5-6,8-9H2,1-2H3. The van der Waals surface area contributed by atoms with Crippen molar-refractivity contribution in [3.8, 4) is 0 Å². The van der Waals surface area contributed by atoms with Crippen LogP contribution in [-0.2, 0) is 9.53 Å². The Hall–Kier alpha value is -1.36. The molecule has 1 aromatic heterocycles. The largest absolute Gasteiger partial charge is 0.466 e. The van der Waals surface area contributed by atoms with Gasteiger partial charge < -0.3 is 9.64 Å². The molecule has 5 nitrogen and oxygen atoms in total. The SMILES string of the molecule is CCOC(=O)C1(C)CCN(c2nccc(Cl)n2)CC1. The number of halogens is 1. The van der Waals surface area contributed by atoms with E-state index in [4.69, 9.17) is 16.3 Å². The normalized spacial score (nSPS) is 18.2. The number of hydrogen-bond acceptors (Lipinski definition) is 5. The summed E-state index contributed by atoms with van der Waals surface area (Å²) < 4.78 is 5.13. The molecule has 6 heteroatoms. The summed E-state index contributed by atoms with van der Waals surface area (Å²) in [4.78, 5) is 22.4. The van der Waals surface area contributed by atoms with Crippen molar-refractivity contribution in [3.05, 3.63) is 17.4 Å². The highest BCUT2D eigenvalue weighted by Crippen LogP contribution is 2.33. The highest BCUT2D eigenvalue weighted by Gasteiger charge is 2.38. The zero-order valence-corrected chi connectivity index (χ0v) is 12.0. The van der Waals surface area contributed by atoms with E-state index in [-0.39, 0.29) is 5.97 Å². The fraction of sp³-hybridized carbons (Fsp3) is 0.615. The summed E-state index contributed by atoms with van der Waals surface area (Å²) in [5, 5.41) is 0.434. The number of esters is 1. The summed E-state index contributed by atoms with van der Waals surface area (Å²) in [5.74, 6) is 0.514. The first-order chi connectivity index (χ1) is 9.05. The minimum atomic E-state index is -0.398. The van der Waals surface area contributed by atoms with Crippen molar-refractivity contribution in [3.63, 3.8) is 0 Å². The van der Waals surface area contributed by atoms with Crippen LogP contribution in [0.15, 0.2) is 12.3 Å².